The highest BCUT2D eigenvalue weighted by Gasteiger charge is 2.03. The highest BCUT2D eigenvalue weighted by atomic mass is 32.1. The fourth-order valence-electron chi connectivity index (χ4n) is 1.12. The van der Waals surface area contributed by atoms with E-state index in [-0.39, 0.29) is 0 Å². The van der Waals surface area contributed by atoms with Gasteiger partial charge >= 0.3 is 0 Å². The van der Waals surface area contributed by atoms with Crippen LogP contribution in [0, 0.1) is 0 Å². The molecule has 2 heterocycles. The smallest absolute Gasteiger partial charge is 0.234 e. The van der Waals surface area contributed by atoms with Crippen LogP contribution in [0.25, 0.3) is 4.96 Å². The first-order valence-electron chi connectivity index (χ1n) is 4.20. The van der Waals surface area contributed by atoms with Crippen molar-refractivity contribution in [1.82, 2.24) is 25.1 Å². The van der Waals surface area contributed by atoms with Gasteiger partial charge in [0.15, 0.2) is 0 Å². The second kappa shape index (κ2) is 3.80. The van der Waals surface area contributed by atoms with Gasteiger partial charge in [-0.15, -0.1) is 10.2 Å². The van der Waals surface area contributed by atoms with E-state index in [1.165, 1.54) is 0 Å². The van der Waals surface area contributed by atoms with Gasteiger partial charge in [0.05, 0.1) is 0 Å². The number of nitrogens with zero attached hydrogens (tertiary/aromatic N) is 4. The first-order valence-corrected chi connectivity index (χ1v) is 5.02. The third-order valence-electron chi connectivity index (χ3n) is 1.75. The Morgan fingerprint density at radius 3 is 3.31 bits per heavy atom. The topological polar surface area (TPSA) is 55.1 Å². The predicted octanol–water partition coefficient (Wildman–Crippen LogP) is 0.338. The second-order valence-electron chi connectivity index (χ2n) is 2.76. The Morgan fingerprint density at radius 2 is 2.54 bits per heavy atom. The van der Waals surface area contributed by atoms with E-state index in [0.29, 0.717) is 0 Å². The lowest BCUT2D eigenvalue weighted by molar-refractivity contribution is 0.714. The normalized spacial score (nSPS) is 11.2. The lowest BCUT2D eigenvalue weighted by Crippen LogP contribution is -2.08. The van der Waals surface area contributed by atoms with E-state index < -0.39 is 0 Å². The highest BCUT2D eigenvalue weighted by Crippen LogP contribution is 2.12. The molecule has 2 aromatic heterocycles. The van der Waals surface area contributed by atoms with Gasteiger partial charge < -0.3 is 5.32 Å². The summed E-state index contributed by atoms with van der Waals surface area (Å²) in [6.07, 6.45) is 3.75. The van der Waals surface area contributed by atoms with Crippen molar-refractivity contribution in [1.29, 1.82) is 0 Å². The maximum absolute atomic E-state index is 4.33. The van der Waals surface area contributed by atoms with E-state index in [4.69, 9.17) is 0 Å². The molecular weight excluding hydrogens is 186 g/mol. The Labute approximate surface area is 79.8 Å². The second-order valence-corrected chi connectivity index (χ2v) is 3.80. The van der Waals surface area contributed by atoms with Gasteiger partial charge in [-0.1, -0.05) is 11.3 Å². The SMILES string of the molecule is CNCCCc1nn2cnnc2s1. The van der Waals surface area contributed by atoms with Crippen molar-refractivity contribution in [2.45, 2.75) is 12.8 Å². The highest BCUT2D eigenvalue weighted by molar-refractivity contribution is 7.16. The van der Waals surface area contributed by atoms with Gasteiger partial charge in [-0.25, -0.2) is 0 Å². The third kappa shape index (κ3) is 1.84. The summed E-state index contributed by atoms with van der Waals surface area (Å²) in [6.45, 7) is 1.03. The molecule has 0 unspecified atom stereocenters. The first-order chi connectivity index (χ1) is 6.40. The van der Waals surface area contributed by atoms with Crippen LogP contribution in [-0.2, 0) is 6.42 Å². The van der Waals surface area contributed by atoms with Crippen LogP contribution in [0.15, 0.2) is 6.33 Å². The van der Waals surface area contributed by atoms with Crippen LogP contribution in [0.1, 0.15) is 11.4 Å². The maximum Gasteiger partial charge on any atom is 0.234 e. The lowest BCUT2D eigenvalue weighted by atomic mass is 10.3. The van der Waals surface area contributed by atoms with Crippen LogP contribution in [0.4, 0.5) is 0 Å². The summed E-state index contributed by atoms with van der Waals surface area (Å²) < 4.78 is 1.72. The monoisotopic (exact) mass is 197 g/mol. The molecule has 0 aromatic carbocycles. The summed E-state index contributed by atoms with van der Waals surface area (Å²) in [6, 6.07) is 0. The molecule has 70 valence electrons. The molecular formula is C7H11N5S. The molecule has 2 rings (SSSR count). The number of aryl methyl sites for hydroxylation is 1. The van der Waals surface area contributed by atoms with E-state index in [2.05, 4.69) is 20.6 Å². The maximum atomic E-state index is 4.33. The van der Waals surface area contributed by atoms with Crippen LogP contribution < -0.4 is 5.32 Å². The standard InChI is InChI=1S/C7H11N5S/c1-8-4-2-3-6-11-12-5-9-10-7(12)13-6/h5,8H,2-4H2,1H3. The third-order valence-corrected chi connectivity index (χ3v) is 2.72. The first kappa shape index (κ1) is 8.58. The quantitative estimate of drug-likeness (QED) is 0.718. The zero-order valence-electron chi connectivity index (χ0n) is 7.40. The molecule has 0 aliphatic heterocycles. The average molecular weight is 197 g/mol. The van der Waals surface area contributed by atoms with Gasteiger partial charge in [0.2, 0.25) is 4.96 Å². The Morgan fingerprint density at radius 1 is 1.62 bits per heavy atom. The van der Waals surface area contributed by atoms with E-state index >= 15 is 0 Å². The van der Waals surface area contributed by atoms with Crippen LogP contribution in [-0.4, -0.2) is 33.4 Å². The molecule has 2 aromatic rings. The van der Waals surface area contributed by atoms with Crippen LogP contribution >= 0.6 is 11.3 Å². The summed E-state index contributed by atoms with van der Waals surface area (Å²) in [7, 11) is 1.96. The molecule has 0 atom stereocenters. The van der Waals surface area contributed by atoms with Crippen molar-refractivity contribution in [3.8, 4) is 0 Å². The minimum atomic E-state index is 0.874. The minimum Gasteiger partial charge on any atom is -0.320 e. The fraction of sp³-hybridized carbons (Fsp3) is 0.571. The number of hydrogen-bond donors (Lipinski definition) is 1. The summed E-state index contributed by atoms with van der Waals surface area (Å²) >= 11 is 1.60. The van der Waals surface area contributed by atoms with Gasteiger partial charge in [-0.2, -0.15) is 9.61 Å². The summed E-state index contributed by atoms with van der Waals surface area (Å²) in [5.41, 5.74) is 0. The van der Waals surface area contributed by atoms with Gasteiger partial charge in [-0.05, 0) is 20.0 Å². The van der Waals surface area contributed by atoms with E-state index in [1.54, 1.807) is 22.2 Å². The molecule has 0 spiro atoms. The fourth-order valence-corrected chi connectivity index (χ4v) is 1.97. The van der Waals surface area contributed by atoms with Crippen LogP contribution in [0.3, 0.4) is 0 Å². The minimum absolute atomic E-state index is 0.874. The van der Waals surface area contributed by atoms with Gasteiger partial charge in [0.25, 0.3) is 0 Å². The van der Waals surface area contributed by atoms with Crippen molar-refractivity contribution in [3.05, 3.63) is 11.3 Å². The zero-order valence-corrected chi connectivity index (χ0v) is 8.21. The largest absolute Gasteiger partial charge is 0.320 e. The van der Waals surface area contributed by atoms with Gasteiger partial charge in [-0.3, -0.25) is 0 Å². The molecule has 0 aliphatic rings. The van der Waals surface area contributed by atoms with Gasteiger partial charge in [0, 0.05) is 6.42 Å². The molecule has 0 bridgehead atoms. The molecule has 1 N–H and O–H groups in total. The summed E-state index contributed by atoms with van der Waals surface area (Å²) in [5, 5.41) is 16.2. The lowest BCUT2D eigenvalue weighted by Gasteiger charge is -1.94. The summed E-state index contributed by atoms with van der Waals surface area (Å²) in [4.78, 5) is 0.874. The van der Waals surface area contributed by atoms with E-state index in [0.717, 1.165) is 29.4 Å². The van der Waals surface area contributed by atoms with Crippen molar-refractivity contribution in [2.75, 3.05) is 13.6 Å². The molecule has 0 radical (unpaired) electrons. The Balaban J connectivity index is 2.03. The molecule has 0 saturated heterocycles. The Kier molecular flexibility index (Phi) is 2.51. The van der Waals surface area contributed by atoms with Gasteiger partial charge in [0.1, 0.15) is 11.3 Å². The predicted molar refractivity (Wildman–Crippen MR) is 50.9 cm³/mol. The summed E-state index contributed by atoms with van der Waals surface area (Å²) in [5.74, 6) is 0. The average Bonchev–Trinajstić information content (AvgIpc) is 2.64. The molecule has 13 heavy (non-hydrogen) atoms. The number of hydrogen-bond acceptors (Lipinski definition) is 5. The molecule has 0 saturated carbocycles. The Bertz CT molecular complexity index is 350. The number of nitrogens with one attached hydrogen (secondary N) is 1. The molecule has 5 nitrogen and oxygen atoms in total. The number of rotatable bonds is 4. The van der Waals surface area contributed by atoms with E-state index in [1.807, 2.05) is 7.05 Å². The van der Waals surface area contributed by atoms with Crippen molar-refractivity contribution >= 4 is 16.3 Å². The van der Waals surface area contributed by atoms with E-state index in [9.17, 15) is 0 Å². The molecule has 6 heteroatoms. The number of fused-ring (bicyclic) bond motifs is 1. The molecule has 0 aliphatic carbocycles. The zero-order chi connectivity index (χ0) is 9.10. The van der Waals surface area contributed by atoms with Crippen molar-refractivity contribution < 1.29 is 0 Å². The van der Waals surface area contributed by atoms with Crippen molar-refractivity contribution in [3.63, 3.8) is 0 Å². The molecule has 0 amide bonds. The van der Waals surface area contributed by atoms with Crippen LogP contribution in [0.2, 0.25) is 0 Å². The Hall–Kier alpha value is -1.01. The van der Waals surface area contributed by atoms with Crippen molar-refractivity contribution in [2.24, 2.45) is 0 Å². The molecule has 0 fully saturated rings. The van der Waals surface area contributed by atoms with Crippen LogP contribution in [0.5, 0.6) is 0 Å². The number of aromatic nitrogens is 4.